The molecule has 0 aliphatic rings. The van der Waals surface area contributed by atoms with Gasteiger partial charge in [-0.05, 0) is 59.6 Å². The maximum atomic E-state index is 14.0. The molecule has 0 saturated heterocycles. The highest BCUT2D eigenvalue weighted by atomic mass is 35.5. The molecule has 2 aromatic carbocycles. The minimum Gasteiger partial charge on any atom is -0.473 e. The quantitative estimate of drug-likeness (QED) is 0.327. The zero-order valence-electron chi connectivity index (χ0n) is 17.3. The van der Waals surface area contributed by atoms with Crippen LogP contribution in [-0.2, 0) is 12.8 Å². The number of ether oxygens (including phenoxy) is 1. The first-order valence-electron chi connectivity index (χ1n) is 9.79. The largest absolute Gasteiger partial charge is 0.473 e. The molecule has 0 aliphatic carbocycles. The van der Waals surface area contributed by atoms with Crippen molar-refractivity contribution in [2.45, 2.75) is 26.6 Å². The summed E-state index contributed by atoms with van der Waals surface area (Å²) in [5, 5.41) is 12.2. The molecule has 3 aromatic heterocycles. The molecule has 0 spiro atoms. The van der Waals surface area contributed by atoms with Gasteiger partial charge in [-0.25, -0.2) is 9.31 Å². The Labute approximate surface area is 189 Å². The van der Waals surface area contributed by atoms with Gasteiger partial charge in [0, 0.05) is 11.1 Å². The number of nitrogens with zero attached hydrogens (tertiary/aromatic N) is 5. The molecule has 5 aromatic rings. The van der Waals surface area contributed by atoms with Crippen LogP contribution in [0.15, 0.2) is 47.1 Å². The molecule has 33 heavy (non-hydrogen) atoms. The van der Waals surface area contributed by atoms with Crippen molar-refractivity contribution in [3.05, 3.63) is 69.9 Å². The van der Waals surface area contributed by atoms with Gasteiger partial charge in [0.25, 0.3) is 0 Å². The van der Waals surface area contributed by atoms with Crippen molar-refractivity contribution in [3.8, 4) is 11.6 Å². The fourth-order valence-corrected chi connectivity index (χ4v) is 3.80. The first-order valence-corrected chi connectivity index (χ1v) is 10.2. The van der Waals surface area contributed by atoms with Crippen LogP contribution >= 0.6 is 11.6 Å². The summed E-state index contributed by atoms with van der Waals surface area (Å²) in [7, 11) is 0. The molecule has 0 fully saturated rings. The minimum atomic E-state index is -4.63. The van der Waals surface area contributed by atoms with E-state index in [1.54, 1.807) is 43.3 Å². The van der Waals surface area contributed by atoms with E-state index < -0.39 is 11.7 Å². The van der Waals surface area contributed by atoms with E-state index in [1.165, 1.54) is 11.6 Å². The van der Waals surface area contributed by atoms with Crippen LogP contribution in [0.2, 0.25) is 5.02 Å². The van der Waals surface area contributed by atoms with E-state index in [0.717, 1.165) is 6.07 Å². The lowest BCUT2D eigenvalue weighted by molar-refractivity contribution is -0.136. The number of halogens is 4. The Hall–Kier alpha value is -3.66. The van der Waals surface area contributed by atoms with Crippen LogP contribution in [0.3, 0.4) is 0 Å². The lowest BCUT2D eigenvalue weighted by Gasteiger charge is -2.13. The van der Waals surface area contributed by atoms with E-state index in [-0.39, 0.29) is 29.2 Å². The van der Waals surface area contributed by atoms with Gasteiger partial charge in [-0.3, -0.25) is 0 Å². The van der Waals surface area contributed by atoms with Crippen molar-refractivity contribution in [2.24, 2.45) is 0 Å². The Morgan fingerprint density at radius 2 is 1.85 bits per heavy atom. The van der Waals surface area contributed by atoms with E-state index in [0.29, 0.717) is 32.9 Å². The van der Waals surface area contributed by atoms with Gasteiger partial charge < -0.3 is 4.74 Å². The van der Waals surface area contributed by atoms with Gasteiger partial charge in [0.05, 0.1) is 22.3 Å². The Morgan fingerprint density at radius 1 is 1.06 bits per heavy atom. The third-order valence-corrected chi connectivity index (χ3v) is 5.68. The van der Waals surface area contributed by atoms with Gasteiger partial charge in [0.1, 0.15) is 17.6 Å². The second-order valence-corrected chi connectivity index (χ2v) is 7.87. The smallest absolute Gasteiger partial charge is 0.417 e. The predicted octanol–water partition coefficient (Wildman–Crippen LogP) is 5.82. The first-order chi connectivity index (χ1) is 15.7. The highest BCUT2D eigenvalue weighted by Gasteiger charge is 2.36. The molecule has 7 nitrogen and oxygen atoms in total. The molecule has 168 valence electrons. The summed E-state index contributed by atoms with van der Waals surface area (Å²) in [4.78, 5) is 4.37. The maximum Gasteiger partial charge on any atom is 0.417 e. The summed E-state index contributed by atoms with van der Waals surface area (Å²) in [6.45, 7) is 3.25. The van der Waals surface area contributed by atoms with Crippen LogP contribution in [0.1, 0.15) is 22.4 Å². The zero-order valence-corrected chi connectivity index (χ0v) is 18.1. The third kappa shape index (κ3) is 3.76. The summed E-state index contributed by atoms with van der Waals surface area (Å²) in [6, 6.07) is 11.1. The topological polar surface area (TPSA) is 78.9 Å². The molecule has 0 unspecified atom stereocenters. The van der Waals surface area contributed by atoms with Crippen molar-refractivity contribution in [3.63, 3.8) is 0 Å². The SMILES string of the molecule is Cc1c(Cl)cccc1-n1nc(C)c2c(C(F)(F)F)cc(OCc3ccc4nonc4c3)nc21. The minimum absolute atomic E-state index is 0.0259. The number of benzene rings is 2. The van der Waals surface area contributed by atoms with Crippen molar-refractivity contribution in [1.29, 1.82) is 0 Å². The van der Waals surface area contributed by atoms with Crippen molar-refractivity contribution >= 4 is 33.7 Å². The summed E-state index contributed by atoms with van der Waals surface area (Å²) in [5.74, 6) is -0.186. The highest BCUT2D eigenvalue weighted by Crippen LogP contribution is 2.39. The second kappa shape index (κ2) is 7.73. The molecular weight excluding hydrogens is 459 g/mol. The molecular formula is C22H15ClF3N5O2. The number of hydrogen-bond acceptors (Lipinski definition) is 6. The highest BCUT2D eigenvalue weighted by molar-refractivity contribution is 6.31. The molecule has 0 amide bonds. The van der Waals surface area contributed by atoms with Gasteiger partial charge in [0.2, 0.25) is 5.88 Å². The van der Waals surface area contributed by atoms with E-state index in [2.05, 4.69) is 25.0 Å². The predicted molar refractivity (Wildman–Crippen MR) is 114 cm³/mol. The monoisotopic (exact) mass is 473 g/mol. The molecule has 5 rings (SSSR count). The molecule has 3 heterocycles. The zero-order chi connectivity index (χ0) is 23.3. The van der Waals surface area contributed by atoms with E-state index in [9.17, 15) is 13.2 Å². The number of hydrogen-bond donors (Lipinski definition) is 0. The maximum absolute atomic E-state index is 14.0. The molecule has 0 bridgehead atoms. The van der Waals surface area contributed by atoms with Crippen LogP contribution in [0.5, 0.6) is 5.88 Å². The Balaban J connectivity index is 1.62. The molecule has 0 N–H and O–H groups in total. The van der Waals surface area contributed by atoms with Gasteiger partial charge in [-0.1, -0.05) is 23.7 Å². The Kier molecular flexibility index (Phi) is 4.97. The lowest BCUT2D eigenvalue weighted by atomic mass is 10.1. The van der Waals surface area contributed by atoms with Crippen LogP contribution in [-0.4, -0.2) is 25.1 Å². The van der Waals surface area contributed by atoms with Gasteiger partial charge in [0.15, 0.2) is 5.65 Å². The standard InChI is InChI=1S/C22H15ClF3N5O2/c1-11-15(23)4-3-5-18(11)31-21-20(12(2)28-31)14(22(24,25)26)9-19(27-21)32-10-13-6-7-16-17(8-13)30-33-29-16/h3-9H,10H2,1-2H3. The van der Waals surface area contributed by atoms with Gasteiger partial charge in [-0.2, -0.15) is 23.3 Å². The van der Waals surface area contributed by atoms with Gasteiger partial charge in [-0.15, -0.1) is 0 Å². The molecule has 0 atom stereocenters. The van der Waals surface area contributed by atoms with Crippen LogP contribution in [0, 0.1) is 13.8 Å². The molecule has 0 saturated carbocycles. The second-order valence-electron chi connectivity index (χ2n) is 7.46. The van der Waals surface area contributed by atoms with Crippen LogP contribution in [0.4, 0.5) is 13.2 Å². The Bertz CT molecular complexity index is 1510. The number of pyridine rings is 1. The van der Waals surface area contributed by atoms with Crippen LogP contribution < -0.4 is 4.74 Å². The van der Waals surface area contributed by atoms with Crippen molar-refractivity contribution < 1.29 is 22.5 Å². The summed E-state index contributed by atoms with van der Waals surface area (Å²) >= 11 is 6.23. The first kappa shape index (κ1) is 21.2. The van der Waals surface area contributed by atoms with E-state index in [4.69, 9.17) is 16.3 Å². The normalized spacial score (nSPS) is 12.1. The number of alkyl halides is 3. The van der Waals surface area contributed by atoms with E-state index in [1.807, 2.05) is 0 Å². The number of rotatable bonds is 4. The van der Waals surface area contributed by atoms with Crippen LogP contribution in [0.25, 0.3) is 27.8 Å². The summed E-state index contributed by atoms with van der Waals surface area (Å²) < 4.78 is 53.6. The summed E-state index contributed by atoms with van der Waals surface area (Å²) in [5.41, 5.74) is 2.29. The van der Waals surface area contributed by atoms with Crippen molar-refractivity contribution in [2.75, 3.05) is 0 Å². The lowest BCUT2D eigenvalue weighted by Crippen LogP contribution is -2.09. The number of fused-ring (bicyclic) bond motifs is 2. The third-order valence-electron chi connectivity index (χ3n) is 5.27. The van der Waals surface area contributed by atoms with Crippen molar-refractivity contribution in [1.82, 2.24) is 25.1 Å². The average molecular weight is 474 g/mol. The molecule has 0 radical (unpaired) electrons. The summed E-state index contributed by atoms with van der Waals surface area (Å²) in [6.07, 6.45) is -4.63. The fraction of sp³-hybridized carbons (Fsp3) is 0.182. The molecule has 11 heteroatoms. The molecule has 0 aliphatic heterocycles. The van der Waals surface area contributed by atoms with E-state index >= 15 is 0 Å². The average Bonchev–Trinajstić information content (AvgIpc) is 3.37. The number of aromatic nitrogens is 5. The van der Waals surface area contributed by atoms with Gasteiger partial charge >= 0.3 is 6.18 Å². The number of aryl methyl sites for hydroxylation is 1. The Morgan fingerprint density at radius 3 is 2.64 bits per heavy atom. The fourth-order valence-electron chi connectivity index (χ4n) is 3.63.